The van der Waals surface area contributed by atoms with Crippen LogP contribution in [0.3, 0.4) is 0 Å². The molecule has 0 bridgehead atoms. The summed E-state index contributed by atoms with van der Waals surface area (Å²) in [5.74, 6) is 0.841. The fourth-order valence-corrected chi connectivity index (χ4v) is 3.31. The molecule has 0 radical (unpaired) electrons. The predicted molar refractivity (Wildman–Crippen MR) is 113 cm³/mol. The van der Waals surface area contributed by atoms with Crippen molar-refractivity contribution >= 4 is 11.9 Å². The Bertz CT molecular complexity index is 797. The van der Waals surface area contributed by atoms with Crippen molar-refractivity contribution in [3.63, 3.8) is 0 Å². The lowest BCUT2D eigenvalue weighted by atomic mass is 10.1. The number of piperazine rings is 1. The highest BCUT2D eigenvalue weighted by Crippen LogP contribution is 2.07. The molecule has 1 fully saturated rings. The molecule has 0 aliphatic carbocycles. The fourth-order valence-electron chi connectivity index (χ4n) is 3.31. The van der Waals surface area contributed by atoms with Crippen LogP contribution >= 0.6 is 0 Å². The molecule has 0 unspecified atom stereocenters. The zero-order valence-electron chi connectivity index (χ0n) is 17.2. The van der Waals surface area contributed by atoms with Crippen LogP contribution in [0.4, 0.5) is 0 Å². The van der Waals surface area contributed by atoms with E-state index in [9.17, 15) is 4.79 Å². The maximum absolute atomic E-state index is 12.2. The molecule has 0 atom stereocenters. The third kappa shape index (κ3) is 6.32. The molecule has 1 aliphatic heterocycles. The van der Waals surface area contributed by atoms with Gasteiger partial charge in [0, 0.05) is 57.4 Å². The van der Waals surface area contributed by atoms with Crippen LogP contribution in [0.5, 0.6) is 0 Å². The third-order valence-electron chi connectivity index (χ3n) is 4.82. The van der Waals surface area contributed by atoms with E-state index in [2.05, 4.69) is 32.5 Å². The van der Waals surface area contributed by atoms with Crippen molar-refractivity contribution in [1.82, 2.24) is 25.6 Å². The van der Waals surface area contributed by atoms with Gasteiger partial charge in [-0.25, -0.2) is 0 Å². The number of benzene rings is 1. The highest BCUT2D eigenvalue weighted by atomic mass is 16.5. The van der Waals surface area contributed by atoms with Crippen molar-refractivity contribution < 1.29 is 9.32 Å². The molecular weight excluding hydrogens is 368 g/mol. The minimum atomic E-state index is -0.0598. The van der Waals surface area contributed by atoms with E-state index in [4.69, 9.17) is 9.52 Å². The van der Waals surface area contributed by atoms with Crippen LogP contribution in [0.15, 0.2) is 46.1 Å². The van der Waals surface area contributed by atoms with Crippen LogP contribution in [-0.4, -0.2) is 72.6 Å². The molecule has 1 aromatic heterocycles. The first-order valence-corrected chi connectivity index (χ1v) is 10.2. The summed E-state index contributed by atoms with van der Waals surface area (Å²) >= 11 is 0. The van der Waals surface area contributed by atoms with E-state index in [1.807, 2.05) is 37.3 Å². The number of aromatic nitrogens is 1. The number of carbonyl (C=O) groups excluding carboxylic acids is 1. The minimum Gasteiger partial charge on any atom is -0.364 e. The molecule has 0 saturated carbocycles. The normalized spacial score (nSPS) is 15.4. The monoisotopic (exact) mass is 398 g/mol. The number of aryl methyl sites for hydroxylation is 1. The number of guanidine groups is 1. The predicted octanol–water partition coefficient (Wildman–Crippen LogP) is 1.50. The number of amides is 1. The maximum atomic E-state index is 12.2. The highest BCUT2D eigenvalue weighted by Gasteiger charge is 2.20. The number of hydrogen-bond donors (Lipinski definition) is 2. The Kier molecular flexibility index (Phi) is 7.63. The summed E-state index contributed by atoms with van der Waals surface area (Å²) in [6.45, 7) is 10.4. The second kappa shape index (κ2) is 10.6. The van der Waals surface area contributed by atoms with E-state index < -0.39 is 0 Å². The number of rotatable bonds is 7. The summed E-state index contributed by atoms with van der Waals surface area (Å²) in [4.78, 5) is 21.6. The van der Waals surface area contributed by atoms with Gasteiger partial charge in [0.15, 0.2) is 5.96 Å². The van der Waals surface area contributed by atoms with Gasteiger partial charge in [-0.3, -0.25) is 14.7 Å². The van der Waals surface area contributed by atoms with E-state index in [1.54, 1.807) is 6.26 Å². The summed E-state index contributed by atoms with van der Waals surface area (Å²) in [7, 11) is 0. The molecule has 1 aliphatic rings. The van der Waals surface area contributed by atoms with Crippen LogP contribution in [0, 0.1) is 6.92 Å². The van der Waals surface area contributed by atoms with Gasteiger partial charge < -0.3 is 20.1 Å². The summed E-state index contributed by atoms with van der Waals surface area (Å²) in [5.41, 5.74) is 2.72. The fraction of sp³-hybridized carbons (Fsp3) is 0.476. The van der Waals surface area contributed by atoms with Crippen LogP contribution in [0.1, 0.15) is 28.5 Å². The topological polar surface area (TPSA) is 86.0 Å². The first kappa shape index (κ1) is 20.9. The zero-order valence-corrected chi connectivity index (χ0v) is 17.2. The van der Waals surface area contributed by atoms with E-state index in [0.29, 0.717) is 18.7 Å². The van der Waals surface area contributed by atoms with Crippen molar-refractivity contribution in [3.05, 3.63) is 53.4 Å². The van der Waals surface area contributed by atoms with Crippen molar-refractivity contribution in [2.45, 2.75) is 20.4 Å². The van der Waals surface area contributed by atoms with Crippen LogP contribution in [0.2, 0.25) is 0 Å². The maximum Gasteiger partial charge on any atom is 0.251 e. The number of carbonyl (C=O) groups is 1. The van der Waals surface area contributed by atoms with Crippen LogP contribution in [-0.2, 0) is 6.54 Å². The number of aliphatic imine (C=N–C) groups is 1. The number of nitrogens with zero attached hydrogens (tertiary/aromatic N) is 4. The molecule has 0 spiro atoms. The van der Waals surface area contributed by atoms with Gasteiger partial charge in [0.05, 0.1) is 12.2 Å². The van der Waals surface area contributed by atoms with Crippen LogP contribution < -0.4 is 10.6 Å². The molecule has 8 heteroatoms. The van der Waals surface area contributed by atoms with Gasteiger partial charge in [-0.2, -0.15) is 0 Å². The number of hydrogen-bond acceptors (Lipinski definition) is 5. The average Bonchev–Trinajstić information content (AvgIpc) is 3.24. The Morgan fingerprint density at radius 3 is 2.72 bits per heavy atom. The largest absolute Gasteiger partial charge is 0.364 e. The molecule has 2 heterocycles. The Balaban J connectivity index is 1.45. The first-order valence-electron chi connectivity index (χ1n) is 10.2. The summed E-state index contributed by atoms with van der Waals surface area (Å²) in [6, 6.07) is 9.50. The molecule has 29 heavy (non-hydrogen) atoms. The van der Waals surface area contributed by atoms with Gasteiger partial charge in [-0.05, 0) is 26.0 Å². The highest BCUT2D eigenvalue weighted by molar-refractivity contribution is 5.94. The molecule has 1 amide bonds. The van der Waals surface area contributed by atoms with Gasteiger partial charge in [0.2, 0.25) is 0 Å². The van der Waals surface area contributed by atoms with Crippen molar-refractivity contribution in [1.29, 1.82) is 0 Å². The first-order chi connectivity index (χ1) is 14.2. The van der Waals surface area contributed by atoms with Crippen LogP contribution in [0.25, 0.3) is 0 Å². The molecule has 2 N–H and O–H groups in total. The Labute approximate surface area is 172 Å². The molecule has 1 aromatic carbocycles. The zero-order chi connectivity index (χ0) is 20.5. The minimum absolute atomic E-state index is 0.0598. The van der Waals surface area contributed by atoms with Crippen molar-refractivity contribution in [2.24, 2.45) is 4.99 Å². The quantitative estimate of drug-likeness (QED) is 0.418. The van der Waals surface area contributed by atoms with E-state index in [1.165, 1.54) is 0 Å². The lowest BCUT2D eigenvalue weighted by Gasteiger charge is -2.36. The van der Waals surface area contributed by atoms with Gasteiger partial charge in [0.25, 0.3) is 5.91 Å². The molecule has 2 aromatic rings. The molecule has 1 saturated heterocycles. The lowest BCUT2D eigenvalue weighted by Crippen LogP contribution is -2.52. The van der Waals surface area contributed by atoms with Crippen molar-refractivity contribution in [3.8, 4) is 0 Å². The van der Waals surface area contributed by atoms with Gasteiger partial charge in [-0.1, -0.05) is 22.9 Å². The Hall–Kier alpha value is -2.87. The molecule has 3 rings (SSSR count). The van der Waals surface area contributed by atoms with Gasteiger partial charge in [0.1, 0.15) is 6.26 Å². The Morgan fingerprint density at radius 1 is 1.21 bits per heavy atom. The SMILES string of the molecule is CCNC(=NCCNC(=O)c1cccc(C)c1)N1CCN(Cc2ccon2)CC1. The van der Waals surface area contributed by atoms with Gasteiger partial charge in [-0.15, -0.1) is 0 Å². The van der Waals surface area contributed by atoms with Gasteiger partial charge >= 0.3 is 0 Å². The average molecular weight is 399 g/mol. The second-order valence-electron chi connectivity index (χ2n) is 7.12. The smallest absolute Gasteiger partial charge is 0.251 e. The summed E-state index contributed by atoms with van der Waals surface area (Å²) in [5, 5.41) is 10.3. The summed E-state index contributed by atoms with van der Waals surface area (Å²) < 4.78 is 4.91. The lowest BCUT2D eigenvalue weighted by molar-refractivity contribution is 0.0954. The molecule has 156 valence electrons. The van der Waals surface area contributed by atoms with E-state index in [-0.39, 0.29) is 5.91 Å². The second-order valence-corrected chi connectivity index (χ2v) is 7.12. The number of nitrogens with one attached hydrogen (secondary N) is 2. The molecular formula is C21H30N6O2. The Morgan fingerprint density at radius 2 is 2.03 bits per heavy atom. The van der Waals surface area contributed by atoms with E-state index >= 15 is 0 Å². The summed E-state index contributed by atoms with van der Waals surface area (Å²) in [6.07, 6.45) is 1.61. The van der Waals surface area contributed by atoms with E-state index in [0.717, 1.165) is 56.5 Å². The third-order valence-corrected chi connectivity index (χ3v) is 4.82. The standard InChI is InChI=1S/C21H30N6O2/c1-3-22-21(24-9-8-23-20(28)18-6-4-5-17(2)15-18)27-12-10-26(11-13-27)16-19-7-14-29-25-19/h4-7,14-15H,3,8-13,16H2,1-2H3,(H,22,24)(H,23,28). The molecule has 8 nitrogen and oxygen atoms in total. The van der Waals surface area contributed by atoms with Crippen molar-refractivity contribution in [2.75, 3.05) is 45.8 Å².